The summed E-state index contributed by atoms with van der Waals surface area (Å²) in [6, 6.07) is 6.28. The van der Waals surface area contributed by atoms with Crippen molar-refractivity contribution in [1.82, 2.24) is 10.6 Å². The Kier molecular flexibility index (Phi) is 5.23. The molecule has 0 spiro atoms. The number of rotatable bonds is 5. The number of amides is 2. The van der Waals surface area contributed by atoms with Crippen LogP contribution in [0.5, 0.6) is 5.75 Å². The van der Waals surface area contributed by atoms with Gasteiger partial charge in [-0.05, 0) is 37.5 Å². The molecule has 2 atom stereocenters. The molecule has 1 saturated heterocycles. The number of benzene rings is 1. The van der Waals surface area contributed by atoms with Gasteiger partial charge in [-0.25, -0.2) is 9.59 Å². The second-order valence-electron chi connectivity index (χ2n) is 6.08. The summed E-state index contributed by atoms with van der Waals surface area (Å²) in [5, 5.41) is 5.41. The van der Waals surface area contributed by atoms with Crippen LogP contribution in [0.1, 0.15) is 31.4 Å². The average molecular weight is 346 g/mol. The van der Waals surface area contributed by atoms with Gasteiger partial charge in [0.2, 0.25) is 0 Å². The van der Waals surface area contributed by atoms with E-state index in [-0.39, 0.29) is 18.7 Å². The molecular weight excluding hydrogens is 324 g/mol. The lowest BCUT2D eigenvalue weighted by Crippen LogP contribution is -2.45. The summed E-state index contributed by atoms with van der Waals surface area (Å²) >= 11 is 0. The molecule has 1 fully saturated rings. The van der Waals surface area contributed by atoms with Crippen molar-refractivity contribution >= 4 is 12.0 Å². The fourth-order valence-corrected chi connectivity index (χ4v) is 3.03. The summed E-state index contributed by atoms with van der Waals surface area (Å²) in [5.74, 6) is 0.244. The Morgan fingerprint density at radius 3 is 2.72 bits per heavy atom. The molecule has 0 bridgehead atoms. The lowest BCUT2D eigenvalue weighted by molar-refractivity contribution is -0.142. The molecule has 0 aromatic heterocycles. The van der Waals surface area contributed by atoms with Crippen LogP contribution in [0.4, 0.5) is 4.79 Å². The molecule has 0 aliphatic carbocycles. The van der Waals surface area contributed by atoms with Crippen molar-refractivity contribution < 1.29 is 23.8 Å². The van der Waals surface area contributed by atoms with Crippen molar-refractivity contribution in [3.05, 3.63) is 41.1 Å². The van der Waals surface area contributed by atoms with Crippen molar-refractivity contribution in [2.24, 2.45) is 0 Å². The van der Waals surface area contributed by atoms with Gasteiger partial charge in [0.25, 0.3) is 0 Å². The summed E-state index contributed by atoms with van der Waals surface area (Å²) in [4.78, 5) is 24.5. The molecule has 0 unspecified atom stereocenters. The Hall–Kier alpha value is -2.54. The van der Waals surface area contributed by atoms with E-state index < -0.39 is 12.0 Å². The minimum atomic E-state index is -0.573. The van der Waals surface area contributed by atoms with Crippen molar-refractivity contribution in [1.29, 1.82) is 0 Å². The first-order valence-electron chi connectivity index (χ1n) is 8.29. The van der Waals surface area contributed by atoms with Gasteiger partial charge in [-0.1, -0.05) is 12.1 Å². The molecule has 0 radical (unpaired) electrons. The minimum Gasteiger partial charge on any atom is -0.497 e. The zero-order valence-corrected chi connectivity index (χ0v) is 14.3. The number of hydrogen-bond acceptors (Lipinski definition) is 5. The van der Waals surface area contributed by atoms with Gasteiger partial charge in [-0.15, -0.1) is 0 Å². The molecule has 2 amide bonds. The lowest BCUT2D eigenvalue weighted by Gasteiger charge is -2.28. The number of allylic oxidation sites excluding steroid dienone is 1. The van der Waals surface area contributed by atoms with Crippen LogP contribution in [0.2, 0.25) is 0 Å². The van der Waals surface area contributed by atoms with Gasteiger partial charge >= 0.3 is 12.0 Å². The third-order valence-electron chi connectivity index (χ3n) is 4.36. The highest BCUT2D eigenvalue weighted by molar-refractivity contribution is 5.95. The van der Waals surface area contributed by atoms with Crippen LogP contribution in [0.25, 0.3) is 0 Å². The normalized spacial score (nSPS) is 23.0. The third-order valence-corrected chi connectivity index (χ3v) is 4.36. The number of hydrogen-bond donors (Lipinski definition) is 2. The lowest BCUT2D eigenvalue weighted by atomic mass is 9.95. The highest BCUT2D eigenvalue weighted by Gasteiger charge is 2.32. The maximum Gasteiger partial charge on any atom is 0.338 e. The van der Waals surface area contributed by atoms with Gasteiger partial charge in [-0.2, -0.15) is 0 Å². The Morgan fingerprint density at radius 2 is 2.08 bits per heavy atom. The van der Waals surface area contributed by atoms with E-state index >= 15 is 0 Å². The van der Waals surface area contributed by atoms with E-state index in [0.29, 0.717) is 23.6 Å². The monoisotopic (exact) mass is 346 g/mol. The standard InChI is InChI=1S/C18H22N2O5/c1-11-15(17(21)25-10-14-4-3-9-24-14)16(20-18(22)19-11)12-5-7-13(23-2)8-6-12/h5-8,14,16H,3-4,9-10H2,1-2H3,(H2,19,20,22)/t14-,16-/m0/s1. The first-order valence-corrected chi connectivity index (χ1v) is 8.29. The number of nitrogens with one attached hydrogen (secondary N) is 2. The molecule has 134 valence electrons. The molecule has 2 N–H and O–H groups in total. The molecule has 25 heavy (non-hydrogen) atoms. The molecule has 3 rings (SSSR count). The van der Waals surface area contributed by atoms with Gasteiger partial charge in [0.1, 0.15) is 12.4 Å². The third kappa shape index (κ3) is 3.93. The summed E-state index contributed by atoms with van der Waals surface area (Å²) in [7, 11) is 1.58. The second-order valence-corrected chi connectivity index (χ2v) is 6.08. The topological polar surface area (TPSA) is 85.9 Å². The maximum atomic E-state index is 12.6. The average Bonchev–Trinajstić information content (AvgIpc) is 3.12. The number of methoxy groups -OCH3 is 1. The molecule has 2 heterocycles. The first kappa shape index (κ1) is 17.3. The van der Waals surface area contributed by atoms with E-state index in [1.807, 2.05) is 12.1 Å². The largest absolute Gasteiger partial charge is 0.497 e. The Morgan fingerprint density at radius 1 is 1.32 bits per heavy atom. The summed E-state index contributed by atoms with van der Waals surface area (Å²) < 4.78 is 16.1. The molecular formula is C18H22N2O5. The molecule has 7 nitrogen and oxygen atoms in total. The summed E-state index contributed by atoms with van der Waals surface area (Å²) in [6.45, 7) is 2.62. The maximum absolute atomic E-state index is 12.6. The number of esters is 1. The van der Waals surface area contributed by atoms with E-state index in [0.717, 1.165) is 18.4 Å². The van der Waals surface area contributed by atoms with Crippen molar-refractivity contribution in [3.8, 4) is 5.75 Å². The van der Waals surface area contributed by atoms with Gasteiger partial charge < -0.3 is 24.8 Å². The van der Waals surface area contributed by atoms with Crippen molar-refractivity contribution in [3.63, 3.8) is 0 Å². The molecule has 2 aliphatic rings. The number of carbonyl (C=O) groups excluding carboxylic acids is 2. The summed E-state index contributed by atoms with van der Waals surface area (Å²) in [6.07, 6.45) is 1.83. The fourth-order valence-electron chi connectivity index (χ4n) is 3.03. The zero-order valence-electron chi connectivity index (χ0n) is 14.3. The van der Waals surface area contributed by atoms with Gasteiger partial charge in [0.15, 0.2) is 0 Å². The quantitative estimate of drug-likeness (QED) is 0.797. The van der Waals surface area contributed by atoms with Gasteiger partial charge in [-0.3, -0.25) is 0 Å². The molecule has 2 aliphatic heterocycles. The van der Waals surface area contributed by atoms with Crippen LogP contribution in [0, 0.1) is 0 Å². The molecule has 0 saturated carbocycles. The van der Waals surface area contributed by atoms with Crippen LogP contribution in [0.3, 0.4) is 0 Å². The predicted octanol–water partition coefficient (Wildman–Crippen LogP) is 2.05. The molecule has 7 heteroatoms. The Balaban J connectivity index is 1.79. The van der Waals surface area contributed by atoms with Crippen molar-refractivity contribution in [2.75, 3.05) is 20.3 Å². The Labute approximate surface area is 146 Å². The van der Waals surface area contributed by atoms with Crippen LogP contribution < -0.4 is 15.4 Å². The minimum absolute atomic E-state index is 0.0459. The smallest absolute Gasteiger partial charge is 0.338 e. The Bertz CT molecular complexity index is 677. The zero-order chi connectivity index (χ0) is 17.8. The highest BCUT2D eigenvalue weighted by Crippen LogP contribution is 2.29. The van der Waals surface area contributed by atoms with Gasteiger partial charge in [0, 0.05) is 12.3 Å². The predicted molar refractivity (Wildman–Crippen MR) is 90.0 cm³/mol. The van der Waals surface area contributed by atoms with Crippen LogP contribution >= 0.6 is 0 Å². The summed E-state index contributed by atoms with van der Waals surface area (Å²) in [5.41, 5.74) is 1.66. The van der Waals surface area contributed by atoms with Crippen molar-refractivity contribution in [2.45, 2.75) is 31.9 Å². The SMILES string of the molecule is COc1ccc([C@@H]2NC(=O)NC(C)=C2C(=O)OC[C@@H]2CCCO2)cc1. The van der Waals surface area contributed by atoms with Crippen LogP contribution in [-0.4, -0.2) is 38.4 Å². The number of ether oxygens (including phenoxy) is 3. The highest BCUT2D eigenvalue weighted by atomic mass is 16.6. The van der Waals surface area contributed by atoms with Crippen LogP contribution in [-0.2, 0) is 14.3 Å². The number of urea groups is 1. The second kappa shape index (κ2) is 7.57. The van der Waals surface area contributed by atoms with E-state index in [9.17, 15) is 9.59 Å². The van der Waals surface area contributed by atoms with Gasteiger partial charge in [0.05, 0.1) is 24.8 Å². The van der Waals surface area contributed by atoms with Crippen LogP contribution in [0.15, 0.2) is 35.5 Å². The first-order chi connectivity index (χ1) is 12.1. The van der Waals surface area contributed by atoms with E-state index in [1.165, 1.54) is 0 Å². The molecule has 1 aromatic carbocycles. The fraction of sp³-hybridized carbons (Fsp3) is 0.444. The molecule has 1 aromatic rings. The van der Waals surface area contributed by atoms with E-state index in [4.69, 9.17) is 14.2 Å². The van der Waals surface area contributed by atoms with E-state index in [1.54, 1.807) is 26.2 Å². The number of carbonyl (C=O) groups is 2. The van der Waals surface area contributed by atoms with E-state index in [2.05, 4.69) is 10.6 Å².